The molecule has 12 heteroatoms. The number of hydrogen-bond donors (Lipinski definition) is 4. The van der Waals surface area contributed by atoms with E-state index < -0.39 is 23.6 Å². The molecule has 0 unspecified atom stereocenters. The van der Waals surface area contributed by atoms with Crippen LogP contribution in [0.2, 0.25) is 0 Å². The van der Waals surface area contributed by atoms with E-state index in [1.54, 1.807) is 138 Å². The van der Waals surface area contributed by atoms with Crippen LogP contribution in [0.25, 0.3) is 24.3 Å². The Labute approximate surface area is 314 Å². The van der Waals surface area contributed by atoms with E-state index >= 15 is 0 Å². The lowest BCUT2D eigenvalue weighted by molar-refractivity contribution is -0.121. The lowest BCUT2D eigenvalue weighted by Crippen LogP contribution is -2.40. The van der Waals surface area contributed by atoms with E-state index in [9.17, 15) is 19.2 Å². The van der Waals surface area contributed by atoms with Gasteiger partial charge in [-0.05, 0) is 95.1 Å². The van der Waals surface area contributed by atoms with Crippen LogP contribution in [-0.2, 0) is 19.2 Å². The highest BCUT2D eigenvalue weighted by molar-refractivity contribution is 6.05. The first kappa shape index (κ1) is 39.7. The fraction of sp³-hybridized carbons (Fsp3) is 0.143. The summed E-state index contributed by atoms with van der Waals surface area (Å²) in [5.74, 6) is 0.394. The molecular weight excluding hydrogens is 688 g/mol. The van der Waals surface area contributed by atoms with E-state index in [0.29, 0.717) is 34.1 Å². The van der Waals surface area contributed by atoms with Crippen molar-refractivity contribution in [3.63, 3.8) is 0 Å². The quantitative estimate of drug-likeness (QED) is 0.0876. The molecule has 0 atom stereocenters. The van der Waals surface area contributed by atoms with Gasteiger partial charge in [-0.3, -0.25) is 19.2 Å². The molecule has 0 aromatic heterocycles. The summed E-state index contributed by atoms with van der Waals surface area (Å²) >= 11 is 0. The first-order valence-electron chi connectivity index (χ1n) is 16.7. The average Bonchev–Trinajstić information content (AvgIpc) is 3.21. The molecule has 4 amide bonds. The van der Waals surface area contributed by atoms with Crippen molar-refractivity contribution in [3.8, 4) is 23.0 Å². The lowest BCUT2D eigenvalue weighted by Gasteiger charge is -2.12. The third-order valence-corrected chi connectivity index (χ3v) is 7.64. The highest BCUT2D eigenvalue weighted by Crippen LogP contribution is 2.16. The molecule has 4 rings (SSSR count). The van der Waals surface area contributed by atoms with Gasteiger partial charge in [-0.15, -0.1) is 0 Å². The number of ether oxygens (including phenoxy) is 4. The van der Waals surface area contributed by atoms with Gasteiger partial charge >= 0.3 is 0 Å². The van der Waals surface area contributed by atoms with Crippen LogP contribution in [-0.4, -0.2) is 65.2 Å². The van der Waals surface area contributed by atoms with Gasteiger partial charge in [0.1, 0.15) is 34.4 Å². The number of carbonyl (C=O) groups is 4. The summed E-state index contributed by atoms with van der Waals surface area (Å²) in [6, 6.07) is 28.1. The number of nitrogens with one attached hydrogen (secondary N) is 4. The number of amides is 4. The van der Waals surface area contributed by atoms with Crippen molar-refractivity contribution < 1.29 is 38.1 Å². The van der Waals surface area contributed by atoms with Crippen LogP contribution in [0.3, 0.4) is 0 Å². The molecule has 0 radical (unpaired) electrons. The molecule has 0 aliphatic carbocycles. The van der Waals surface area contributed by atoms with E-state index in [0.717, 1.165) is 11.1 Å². The molecule has 54 heavy (non-hydrogen) atoms. The second kappa shape index (κ2) is 20.7. The van der Waals surface area contributed by atoms with Crippen LogP contribution in [0.4, 0.5) is 0 Å². The maximum atomic E-state index is 13.3. The summed E-state index contributed by atoms with van der Waals surface area (Å²) in [7, 11) is 6.23. The zero-order valence-corrected chi connectivity index (χ0v) is 30.4. The summed E-state index contributed by atoms with van der Waals surface area (Å²) in [5, 5.41) is 10.7. The van der Waals surface area contributed by atoms with Crippen LogP contribution in [0, 0.1) is 0 Å². The molecule has 0 fully saturated rings. The topological polar surface area (TPSA) is 153 Å². The van der Waals surface area contributed by atoms with Gasteiger partial charge in [-0.25, -0.2) is 0 Å². The molecule has 0 saturated carbocycles. The number of hydrogen-bond acceptors (Lipinski definition) is 8. The predicted molar refractivity (Wildman–Crippen MR) is 208 cm³/mol. The molecule has 0 aliphatic rings. The van der Waals surface area contributed by atoms with Crippen molar-refractivity contribution in [2.75, 3.05) is 41.5 Å². The number of methoxy groups -OCH3 is 4. The van der Waals surface area contributed by atoms with E-state index in [2.05, 4.69) is 21.3 Å². The largest absolute Gasteiger partial charge is 0.497 e. The zero-order chi connectivity index (χ0) is 38.7. The van der Waals surface area contributed by atoms with Crippen LogP contribution in [0.5, 0.6) is 23.0 Å². The Morgan fingerprint density at radius 3 is 1.00 bits per heavy atom. The first-order valence-corrected chi connectivity index (χ1v) is 16.7. The summed E-state index contributed by atoms with van der Waals surface area (Å²) in [6.45, 7) is 0.00639. The monoisotopic (exact) mass is 730 g/mol. The lowest BCUT2D eigenvalue weighted by atomic mass is 10.1. The maximum Gasteiger partial charge on any atom is 0.267 e. The van der Waals surface area contributed by atoms with Crippen molar-refractivity contribution in [1.82, 2.24) is 21.3 Å². The fourth-order valence-electron chi connectivity index (χ4n) is 4.72. The van der Waals surface area contributed by atoms with Crippen molar-refractivity contribution in [2.24, 2.45) is 0 Å². The summed E-state index contributed by atoms with van der Waals surface area (Å²) < 4.78 is 20.8. The second-order valence-electron chi connectivity index (χ2n) is 11.4. The number of carbonyl (C=O) groups excluding carboxylic acids is 4. The Hall–Kier alpha value is -7.08. The third kappa shape index (κ3) is 12.9. The Morgan fingerprint density at radius 2 is 0.722 bits per heavy atom. The summed E-state index contributed by atoms with van der Waals surface area (Å²) in [5.41, 5.74) is 2.75. The Balaban J connectivity index is 1.42. The van der Waals surface area contributed by atoms with Crippen LogP contribution >= 0.6 is 0 Å². The van der Waals surface area contributed by atoms with Gasteiger partial charge in [0.2, 0.25) is 11.8 Å². The van der Waals surface area contributed by atoms with E-state index in [4.69, 9.17) is 18.9 Å². The minimum Gasteiger partial charge on any atom is -0.497 e. The SMILES string of the molecule is COc1ccc(/C=C(\NC(=O)/C=C/c2ccc(OC)cc2)C(=O)NCCNC(=O)/C(=C/c2ccc(OC)cc2)NC(=O)/C=C/c2ccc(OC)cc2)cc1. The molecule has 4 N–H and O–H groups in total. The normalized spacial score (nSPS) is 11.5. The van der Waals surface area contributed by atoms with E-state index in [-0.39, 0.29) is 24.5 Å². The standard InChI is InChI=1S/C42H42N4O8/c1-51-33-15-5-29(6-16-33)13-23-39(47)45-37(27-31-9-19-35(53-3)20-10-31)41(49)43-25-26-44-42(50)38(28-32-11-21-36(54-4)22-12-32)46-40(48)24-14-30-7-17-34(52-2)18-8-30/h5-24,27-28H,25-26H2,1-4H3,(H,43,49)(H,44,50)(H,45,47)(H,46,48)/b23-13+,24-14+,37-27-,38-28-. The van der Waals surface area contributed by atoms with Gasteiger partial charge in [-0.2, -0.15) is 0 Å². The van der Waals surface area contributed by atoms with Gasteiger partial charge in [0.05, 0.1) is 28.4 Å². The smallest absolute Gasteiger partial charge is 0.267 e. The molecule has 12 nitrogen and oxygen atoms in total. The van der Waals surface area contributed by atoms with Gasteiger partial charge < -0.3 is 40.2 Å². The zero-order valence-electron chi connectivity index (χ0n) is 30.4. The van der Waals surface area contributed by atoms with Crippen molar-refractivity contribution in [1.29, 1.82) is 0 Å². The molecular formula is C42H42N4O8. The minimum atomic E-state index is -0.586. The highest BCUT2D eigenvalue weighted by atomic mass is 16.5. The number of rotatable bonds is 17. The molecule has 278 valence electrons. The second-order valence-corrected chi connectivity index (χ2v) is 11.4. The Morgan fingerprint density at radius 1 is 0.444 bits per heavy atom. The molecule has 0 spiro atoms. The van der Waals surface area contributed by atoms with Crippen molar-refractivity contribution in [3.05, 3.63) is 143 Å². The van der Waals surface area contributed by atoms with Gasteiger partial charge in [-0.1, -0.05) is 48.5 Å². The fourth-order valence-corrected chi connectivity index (χ4v) is 4.72. The van der Waals surface area contributed by atoms with Gasteiger partial charge in [0.15, 0.2) is 0 Å². The van der Waals surface area contributed by atoms with Crippen LogP contribution in [0.15, 0.2) is 121 Å². The molecule has 0 aliphatic heterocycles. The third-order valence-electron chi connectivity index (χ3n) is 7.64. The highest BCUT2D eigenvalue weighted by Gasteiger charge is 2.15. The van der Waals surface area contributed by atoms with E-state index in [1.165, 1.54) is 24.3 Å². The van der Waals surface area contributed by atoms with Crippen molar-refractivity contribution >= 4 is 47.9 Å². The van der Waals surface area contributed by atoms with Gasteiger partial charge in [0, 0.05) is 25.2 Å². The van der Waals surface area contributed by atoms with E-state index in [1.807, 2.05) is 0 Å². The summed E-state index contributed by atoms with van der Waals surface area (Å²) in [6.07, 6.45) is 8.90. The van der Waals surface area contributed by atoms with Crippen LogP contribution < -0.4 is 40.2 Å². The Bertz CT molecular complexity index is 1850. The summed E-state index contributed by atoms with van der Waals surface area (Å²) in [4.78, 5) is 52.4. The average molecular weight is 731 g/mol. The van der Waals surface area contributed by atoms with Crippen LogP contribution in [0.1, 0.15) is 22.3 Å². The number of benzene rings is 4. The molecule has 0 bridgehead atoms. The first-order chi connectivity index (χ1) is 26.2. The Kier molecular flexibility index (Phi) is 15.2. The molecule has 4 aromatic rings. The molecule has 0 heterocycles. The van der Waals surface area contributed by atoms with Crippen molar-refractivity contribution in [2.45, 2.75) is 0 Å². The minimum absolute atomic E-state index is 0.00319. The molecule has 0 saturated heterocycles. The predicted octanol–water partition coefficient (Wildman–Crippen LogP) is 4.99. The van der Waals surface area contributed by atoms with Gasteiger partial charge in [0.25, 0.3) is 11.8 Å². The molecule has 4 aromatic carbocycles. The maximum absolute atomic E-state index is 13.3.